The first kappa shape index (κ1) is 19.4. The number of rotatable bonds is 4. The third-order valence-corrected chi connectivity index (χ3v) is 3.66. The summed E-state index contributed by atoms with van der Waals surface area (Å²) in [6.45, 7) is 4.93. The molecule has 2 N–H and O–H groups in total. The van der Waals surface area contributed by atoms with E-state index in [-0.39, 0.29) is 11.5 Å². The van der Waals surface area contributed by atoms with Crippen LogP contribution in [-0.2, 0) is 38.7 Å². The van der Waals surface area contributed by atoms with Crippen molar-refractivity contribution in [2.24, 2.45) is 0 Å². The first-order valence-corrected chi connectivity index (χ1v) is 7.85. The van der Waals surface area contributed by atoms with Crippen molar-refractivity contribution in [1.82, 2.24) is 4.31 Å². The van der Waals surface area contributed by atoms with Crippen LogP contribution in [0.1, 0.15) is 33.1 Å². The molecule has 0 aromatic rings. The van der Waals surface area contributed by atoms with E-state index < -0.39 is 27.3 Å². The van der Waals surface area contributed by atoms with Gasteiger partial charge in [0.1, 0.15) is 0 Å². The number of nitrogens with zero attached hydrogens (tertiary/aromatic N) is 1. The van der Waals surface area contributed by atoms with Crippen LogP contribution < -0.4 is 0 Å². The molecular formula is C8H19NO6RuS. The Morgan fingerprint density at radius 2 is 1.82 bits per heavy atom. The van der Waals surface area contributed by atoms with Crippen molar-refractivity contribution < 1.29 is 42.3 Å². The first-order valence-electron chi connectivity index (χ1n) is 5.07. The molecule has 17 heavy (non-hydrogen) atoms. The summed E-state index contributed by atoms with van der Waals surface area (Å²) in [6, 6.07) is 0.0648. The molecule has 9 heteroatoms. The molecule has 1 aliphatic heterocycles. The standard InChI is InChI=1S/C8H17NO3S.H2O.2O.Ru/c1-3-5-8-7-12-13(10,11)9(8)6-4-2;;;;/h8H,3-7H2,1-2H3;1H2;;;/t8-;;;;/m0..../s1. The van der Waals surface area contributed by atoms with E-state index in [1.54, 1.807) is 0 Å². The molecule has 1 atom stereocenters. The van der Waals surface area contributed by atoms with Gasteiger partial charge >= 0.3 is 34.5 Å². The van der Waals surface area contributed by atoms with Gasteiger partial charge in [0.25, 0.3) is 0 Å². The molecule has 0 aromatic carbocycles. The van der Waals surface area contributed by atoms with Crippen LogP contribution in [0.5, 0.6) is 0 Å². The quantitative estimate of drug-likeness (QED) is 0.661. The van der Waals surface area contributed by atoms with E-state index in [1.165, 1.54) is 4.31 Å². The van der Waals surface area contributed by atoms with E-state index in [0.717, 1.165) is 19.3 Å². The summed E-state index contributed by atoms with van der Waals surface area (Å²) in [7, 11) is -3.39. The summed E-state index contributed by atoms with van der Waals surface area (Å²) in [6.07, 6.45) is 2.71. The van der Waals surface area contributed by atoms with E-state index in [0.29, 0.717) is 13.2 Å². The molecule has 0 spiro atoms. The van der Waals surface area contributed by atoms with Gasteiger partial charge in [0.05, 0.1) is 12.6 Å². The van der Waals surface area contributed by atoms with Crippen LogP contribution in [0.4, 0.5) is 0 Å². The fourth-order valence-electron chi connectivity index (χ4n) is 1.57. The van der Waals surface area contributed by atoms with Crippen LogP contribution >= 0.6 is 0 Å². The van der Waals surface area contributed by atoms with Gasteiger partial charge in [-0.1, -0.05) is 20.3 Å². The summed E-state index contributed by atoms with van der Waals surface area (Å²) < 4.78 is 45.9. The number of hydrogen-bond donors (Lipinski definition) is 0. The molecule has 0 amide bonds. The molecule has 1 fully saturated rings. The van der Waals surface area contributed by atoms with Crippen LogP contribution in [0, 0.1) is 0 Å². The average molecular weight is 358 g/mol. The molecule has 1 rings (SSSR count). The van der Waals surface area contributed by atoms with Crippen LogP contribution in [0.25, 0.3) is 0 Å². The van der Waals surface area contributed by atoms with Gasteiger partial charge in [-0.3, -0.25) is 4.18 Å². The van der Waals surface area contributed by atoms with E-state index in [1.807, 2.05) is 6.92 Å². The Hall–Kier alpha value is 0.0534. The summed E-state index contributed by atoms with van der Waals surface area (Å²) in [5, 5.41) is 0. The van der Waals surface area contributed by atoms with Gasteiger partial charge in [-0.25, -0.2) is 0 Å². The van der Waals surface area contributed by atoms with Crippen LogP contribution in [0.2, 0.25) is 0 Å². The van der Waals surface area contributed by atoms with E-state index >= 15 is 0 Å². The third kappa shape index (κ3) is 6.52. The van der Waals surface area contributed by atoms with Gasteiger partial charge in [0.15, 0.2) is 0 Å². The zero-order chi connectivity index (χ0) is 12.6. The second-order valence-electron chi connectivity index (χ2n) is 3.35. The minimum atomic E-state index is -3.39. The van der Waals surface area contributed by atoms with Crippen molar-refractivity contribution in [3.63, 3.8) is 0 Å². The van der Waals surface area contributed by atoms with Crippen molar-refractivity contribution in [1.29, 1.82) is 0 Å². The van der Waals surface area contributed by atoms with Gasteiger partial charge in [0.2, 0.25) is 0 Å². The molecule has 7 nitrogen and oxygen atoms in total. The predicted molar refractivity (Wildman–Crippen MR) is 55.6 cm³/mol. The maximum absolute atomic E-state index is 11.3. The zero-order valence-electron chi connectivity index (χ0n) is 9.86. The Bertz CT molecular complexity index is 327. The van der Waals surface area contributed by atoms with Gasteiger partial charge in [-0.2, -0.15) is 12.7 Å². The van der Waals surface area contributed by atoms with Crippen LogP contribution in [-0.4, -0.2) is 37.4 Å². The monoisotopic (exact) mass is 359 g/mol. The molecule has 0 radical (unpaired) electrons. The summed E-state index contributed by atoms with van der Waals surface area (Å²) in [4.78, 5) is 0. The second-order valence-corrected chi connectivity index (χ2v) is 5.20. The van der Waals surface area contributed by atoms with Crippen LogP contribution in [0.3, 0.4) is 0 Å². The van der Waals surface area contributed by atoms with E-state index in [9.17, 15) is 8.42 Å². The van der Waals surface area contributed by atoms with Gasteiger partial charge in [-0.15, -0.1) is 0 Å². The van der Waals surface area contributed by atoms with Crippen LogP contribution in [0.15, 0.2) is 0 Å². The summed E-state index contributed by atoms with van der Waals surface area (Å²) >= 11 is -1.79. The maximum atomic E-state index is 11.3. The molecule has 1 saturated heterocycles. The Balaban J connectivity index is 0. The van der Waals surface area contributed by atoms with Gasteiger partial charge < -0.3 is 5.48 Å². The van der Waals surface area contributed by atoms with E-state index in [2.05, 4.69) is 6.92 Å². The molecule has 0 aromatic heterocycles. The van der Waals surface area contributed by atoms with Gasteiger partial charge in [-0.05, 0) is 12.8 Å². The summed E-state index contributed by atoms with van der Waals surface area (Å²) in [5.74, 6) is 0. The van der Waals surface area contributed by atoms with Crippen molar-refractivity contribution in [2.75, 3.05) is 13.2 Å². The predicted octanol–water partition coefficient (Wildman–Crippen LogP) is 0.0773. The topological polar surface area (TPSA) is 112 Å². The number of hydrogen-bond acceptors (Lipinski definition) is 5. The Kier molecular flexibility index (Phi) is 11.4. The van der Waals surface area contributed by atoms with Gasteiger partial charge in [0, 0.05) is 6.54 Å². The Morgan fingerprint density at radius 3 is 2.24 bits per heavy atom. The molecular weight excluding hydrogens is 339 g/mol. The first-order chi connectivity index (χ1) is 7.53. The fraction of sp³-hybridized carbons (Fsp3) is 1.00. The van der Waals surface area contributed by atoms with Crippen molar-refractivity contribution >= 4 is 10.3 Å². The molecule has 1 aliphatic rings. The molecule has 0 unspecified atom stereocenters. The zero-order valence-corrected chi connectivity index (χ0v) is 12.4. The Morgan fingerprint density at radius 1 is 1.29 bits per heavy atom. The average Bonchev–Trinajstić information content (AvgIpc) is 2.47. The van der Waals surface area contributed by atoms with Crippen molar-refractivity contribution in [3.05, 3.63) is 0 Å². The third-order valence-electron chi connectivity index (χ3n) is 2.17. The SMILES string of the molecule is CCC[C@H]1COS(=O)(=O)N1CCC.O.[O]=[Ru]=[O]. The fourth-order valence-corrected chi connectivity index (χ4v) is 2.98. The second kappa shape index (κ2) is 10.0. The molecule has 0 bridgehead atoms. The van der Waals surface area contributed by atoms with E-state index in [4.69, 9.17) is 11.3 Å². The molecule has 1 heterocycles. The minimum absolute atomic E-state index is 0. The molecule has 106 valence electrons. The van der Waals surface area contributed by atoms with Crippen molar-refractivity contribution in [3.8, 4) is 0 Å². The summed E-state index contributed by atoms with van der Waals surface area (Å²) in [5.41, 5.74) is 0. The molecule has 0 saturated carbocycles. The molecule has 0 aliphatic carbocycles. The van der Waals surface area contributed by atoms with Crippen molar-refractivity contribution in [2.45, 2.75) is 39.2 Å². The normalized spacial score (nSPS) is 22.4. The Labute approximate surface area is 109 Å².